The van der Waals surface area contributed by atoms with E-state index in [1.807, 2.05) is 45.9 Å². The molecule has 0 saturated carbocycles. The van der Waals surface area contributed by atoms with Gasteiger partial charge in [0.15, 0.2) is 0 Å². The number of hydrogen-bond acceptors (Lipinski definition) is 5. The van der Waals surface area contributed by atoms with Crippen LogP contribution in [-0.2, 0) is 14.3 Å². The minimum atomic E-state index is -0.351. The predicted octanol–water partition coefficient (Wildman–Crippen LogP) is 3.93. The molecule has 1 aliphatic rings. The van der Waals surface area contributed by atoms with Crippen molar-refractivity contribution in [2.24, 2.45) is 0 Å². The molecule has 158 valence electrons. The summed E-state index contributed by atoms with van der Waals surface area (Å²) in [5.74, 6) is 0.00207. The Kier molecular flexibility index (Phi) is 6.57. The highest BCUT2D eigenvalue weighted by atomic mass is 16.5. The Bertz CT molecular complexity index is 977. The van der Waals surface area contributed by atoms with Crippen molar-refractivity contribution in [3.05, 3.63) is 64.9 Å². The molecular formula is C24H28N2O4. The minimum Gasteiger partial charge on any atom is -0.497 e. The first-order valence-corrected chi connectivity index (χ1v) is 10.0. The number of methoxy groups -OCH3 is 1. The van der Waals surface area contributed by atoms with Crippen molar-refractivity contribution >= 4 is 23.1 Å². The number of anilines is 1. The normalized spacial score (nSPS) is 14.1. The fourth-order valence-electron chi connectivity index (χ4n) is 3.26. The molecule has 1 N–H and O–H groups in total. The first kappa shape index (κ1) is 21.6. The quantitative estimate of drug-likeness (QED) is 0.671. The van der Waals surface area contributed by atoms with E-state index in [0.29, 0.717) is 23.5 Å². The van der Waals surface area contributed by atoms with Crippen LogP contribution >= 0.6 is 0 Å². The van der Waals surface area contributed by atoms with Crippen molar-refractivity contribution in [1.29, 1.82) is 0 Å². The Morgan fingerprint density at radius 3 is 2.27 bits per heavy atom. The highest BCUT2D eigenvalue weighted by Gasteiger charge is 2.39. The lowest BCUT2D eigenvalue weighted by Gasteiger charge is -2.16. The number of nitrogens with one attached hydrogen (secondary N) is 1. The van der Waals surface area contributed by atoms with Gasteiger partial charge in [0.1, 0.15) is 11.4 Å². The van der Waals surface area contributed by atoms with Gasteiger partial charge in [-0.3, -0.25) is 14.5 Å². The van der Waals surface area contributed by atoms with Gasteiger partial charge in [-0.15, -0.1) is 0 Å². The zero-order chi connectivity index (χ0) is 21.8. The van der Waals surface area contributed by atoms with Crippen LogP contribution in [0.15, 0.2) is 48.2 Å². The van der Waals surface area contributed by atoms with E-state index in [1.165, 1.54) is 4.90 Å². The van der Waals surface area contributed by atoms with Crippen molar-refractivity contribution in [2.75, 3.05) is 25.6 Å². The fourth-order valence-corrected chi connectivity index (χ4v) is 3.26. The molecule has 6 heteroatoms. The molecule has 0 bridgehead atoms. The Labute approximate surface area is 177 Å². The zero-order valence-electron chi connectivity index (χ0n) is 18.1. The Hall–Kier alpha value is -3.12. The molecule has 0 radical (unpaired) electrons. The molecule has 0 saturated heterocycles. The smallest absolute Gasteiger partial charge is 0.278 e. The van der Waals surface area contributed by atoms with Crippen LogP contribution in [0.5, 0.6) is 5.75 Å². The summed E-state index contributed by atoms with van der Waals surface area (Å²) in [6.45, 7) is 8.37. The molecule has 2 aromatic carbocycles. The lowest BCUT2D eigenvalue weighted by Crippen LogP contribution is -2.35. The largest absolute Gasteiger partial charge is 0.497 e. The van der Waals surface area contributed by atoms with Gasteiger partial charge in [0.2, 0.25) is 0 Å². The Morgan fingerprint density at radius 2 is 1.67 bits per heavy atom. The van der Waals surface area contributed by atoms with Crippen LogP contribution in [0.1, 0.15) is 30.5 Å². The number of hydrogen-bond donors (Lipinski definition) is 1. The molecule has 1 heterocycles. The Morgan fingerprint density at radius 1 is 0.967 bits per heavy atom. The van der Waals surface area contributed by atoms with Gasteiger partial charge in [-0.1, -0.05) is 18.2 Å². The molecular weight excluding hydrogens is 380 g/mol. The van der Waals surface area contributed by atoms with Crippen molar-refractivity contribution in [3.63, 3.8) is 0 Å². The van der Waals surface area contributed by atoms with Crippen LogP contribution in [0, 0.1) is 13.8 Å². The second-order valence-electron chi connectivity index (χ2n) is 7.58. The minimum absolute atomic E-state index is 0.0277. The summed E-state index contributed by atoms with van der Waals surface area (Å²) < 4.78 is 10.8. The second-order valence-corrected chi connectivity index (χ2v) is 7.58. The van der Waals surface area contributed by atoms with Crippen LogP contribution in [-0.4, -0.2) is 43.1 Å². The molecule has 0 unspecified atom stereocenters. The summed E-state index contributed by atoms with van der Waals surface area (Å²) in [4.78, 5) is 27.6. The standard InChI is InChI=1S/C24H28N2O4/c1-15(2)30-13-12-26-23(27)21(18-7-10-20(29-5)11-8-18)22(24(26)28)25-19-9-6-16(3)17(4)14-19/h6-11,14-15,25H,12-13H2,1-5H3. The Balaban J connectivity index is 1.97. The predicted molar refractivity (Wildman–Crippen MR) is 117 cm³/mol. The summed E-state index contributed by atoms with van der Waals surface area (Å²) in [5, 5.41) is 3.19. The van der Waals surface area contributed by atoms with E-state index >= 15 is 0 Å². The van der Waals surface area contributed by atoms with E-state index in [1.54, 1.807) is 31.4 Å². The maximum atomic E-state index is 13.2. The van der Waals surface area contributed by atoms with Gasteiger partial charge in [0, 0.05) is 5.69 Å². The lowest BCUT2D eigenvalue weighted by atomic mass is 10.0. The fraction of sp³-hybridized carbons (Fsp3) is 0.333. The zero-order valence-corrected chi connectivity index (χ0v) is 18.1. The highest BCUT2D eigenvalue weighted by molar-refractivity contribution is 6.36. The molecule has 0 atom stereocenters. The summed E-state index contributed by atoms with van der Waals surface area (Å²) in [6, 6.07) is 13.0. The molecule has 0 fully saturated rings. The number of benzene rings is 2. The molecule has 30 heavy (non-hydrogen) atoms. The average Bonchev–Trinajstić information content (AvgIpc) is 2.95. The average molecular weight is 408 g/mol. The summed E-state index contributed by atoms with van der Waals surface area (Å²) in [7, 11) is 1.59. The van der Waals surface area contributed by atoms with Gasteiger partial charge in [0.05, 0.1) is 31.9 Å². The molecule has 6 nitrogen and oxygen atoms in total. The van der Waals surface area contributed by atoms with E-state index in [4.69, 9.17) is 9.47 Å². The molecule has 2 aromatic rings. The highest BCUT2D eigenvalue weighted by Crippen LogP contribution is 2.31. The monoisotopic (exact) mass is 408 g/mol. The first-order chi connectivity index (χ1) is 14.3. The summed E-state index contributed by atoms with van der Waals surface area (Å²) >= 11 is 0. The third kappa shape index (κ3) is 4.54. The van der Waals surface area contributed by atoms with E-state index < -0.39 is 0 Å². The van der Waals surface area contributed by atoms with Gasteiger partial charge in [-0.25, -0.2) is 0 Å². The summed E-state index contributed by atoms with van der Waals surface area (Å²) in [6.07, 6.45) is 0.0277. The summed E-state index contributed by atoms with van der Waals surface area (Å²) in [5.41, 5.74) is 4.31. The first-order valence-electron chi connectivity index (χ1n) is 10.0. The van der Waals surface area contributed by atoms with Gasteiger partial charge in [0.25, 0.3) is 11.8 Å². The van der Waals surface area contributed by atoms with Gasteiger partial charge < -0.3 is 14.8 Å². The lowest BCUT2D eigenvalue weighted by molar-refractivity contribution is -0.137. The number of nitrogens with zero attached hydrogens (tertiary/aromatic N) is 1. The van der Waals surface area contributed by atoms with Crippen molar-refractivity contribution in [3.8, 4) is 5.75 Å². The molecule has 1 aliphatic heterocycles. The molecule has 0 spiro atoms. The number of aryl methyl sites for hydroxylation is 2. The van der Waals surface area contributed by atoms with Gasteiger partial charge in [-0.2, -0.15) is 0 Å². The van der Waals surface area contributed by atoms with Crippen LogP contribution in [0.4, 0.5) is 5.69 Å². The van der Waals surface area contributed by atoms with Gasteiger partial charge in [-0.05, 0) is 68.7 Å². The number of ether oxygens (including phenoxy) is 2. The number of carbonyl (C=O) groups excluding carboxylic acids is 2. The van der Waals surface area contributed by atoms with E-state index in [9.17, 15) is 9.59 Å². The third-order valence-electron chi connectivity index (χ3n) is 5.09. The number of carbonyl (C=O) groups is 2. The number of rotatable bonds is 8. The van der Waals surface area contributed by atoms with E-state index in [2.05, 4.69) is 5.32 Å². The van der Waals surface area contributed by atoms with Crippen molar-refractivity contribution < 1.29 is 19.1 Å². The van der Waals surface area contributed by atoms with Crippen molar-refractivity contribution in [1.82, 2.24) is 4.90 Å². The SMILES string of the molecule is COc1ccc(C2=C(Nc3ccc(C)c(C)c3)C(=O)N(CCOC(C)C)C2=O)cc1. The number of amides is 2. The molecule has 0 aromatic heterocycles. The van der Waals surface area contributed by atoms with Gasteiger partial charge >= 0.3 is 0 Å². The van der Waals surface area contributed by atoms with E-state index in [0.717, 1.165) is 16.8 Å². The van der Waals surface area contributed by atoms with E-state index in [-0.39, 0.29) is 30.2 Å². The van der Waals surface area contributed by atoms with Crippen molar-refractivity contribution in [2.45, 2.75) is 33.8 Å². The third-order valence-corrected chi connectivity index (χ3v) is 5.09. The molecule has 3 rings (SSSR count). The van der Waals surface area contributed by atoms with Crippen LogP contribution in [0.25, 0.3) is 5.57 Å². The number of imide groups is 1. The van der Waals surface area contributed by atoms with Crippen LogP contribution in [0.2, 0.25) is 0 Å². The molecule has 2 amide bonds. The second kappa shape index (κ2) is 9.13. The molecule has 0 aliphatic carbocycles. The maximum absolute atomic E-state index is 13.2. The van der Waals surface area contributed by atoms with Crippen LogP contribution < -0.4 is 10.1 Å². The maximum Gasteiger partial charge on any atom is 0.278 e. The topological polar surface area (TPSA) is 67.9 Å². The van der Waals surface area contributed by atoms with Crippen LogP contribution in [0.3, 0.4) is 0 Å².